The molecule has 0 aromatic heterocycles. The molecule has 2 N–H and O–H groups in total. The van der Waals surface area contributed by atoms with Gasteiger partial charge in [0.05, 0.1) is 0 Å². The standard InChI is InChI=1S/C11H17F2NO/c1-2-3-4-5-9(10(14)15)8-6-11(12,13)7-8/h3-4,8-9H,2,5-7H2,1H3,(H2,14,15). The van der Waals surface area contributed by atoms with Crippen molar-refractivity contribution in [2.24, 2.45) is 17.6 Å². The average molecular weight is 217 g/mol. The lowest BCUT2D eigenvalue weighted by molar-refractivity contribution is -0.143. The summed E-state index contributed by atoms with van der Waals surface area (Å²) in [7, 11) is 0. The molecule has 1 saturated carbocycles. The number of nitrogens with two attached hydrogens (primary N) is 1. The van der Waals surface area contributed by atoms with Crippen LogP contribution in [0.1, 0.15) is 32.6 Å². The predicted octanol–water partition coefficient (Wildman–Crippen LogP) is 2.49. The third kappa shape index (κ3) is 3.29. The van der Waals surface area contributed by atoms with Gasteiger partial charge in [0.25, 0.3) is 0 Å². The van der Waals surface area contributed by atoms with Gasteiger partial charge in [-0.2, -0.15) is 0 Å². The average Bonchev–Trinajstić information content (AvgIpc) is 2.08. The van der Waals surface area contributed by atoms with Crippen molar-refractivity contribution in [1.29, 1.82) is 0 Å². The van der Waals surface area contributed by atoms with Crippen LogP contribution in [0.15, 0.2) is 12.2 Å². The van der Waals surface area contributed by atoms with Crippen molar-refractivity contribution in [3.05, 3.63) is 12.2 Å². The molecule has 4 heteroatoms. The highest BCUT2D eigenvalue weighted by Gasteiger charge is 2.49. The molecule has 1 atom stereocenters. The normalized spacial score (nSPS) is 22.6. The van der Waals surface area contributed by atoms with E-state index < -0.39 is 17.7 Å². The third-order valence-electron chi connectivity index (χ3n) is 2.85. The maximum absolute atomic E-state index is 12.6. The summed E-state index contributed by atoms with van der Waals surface area (Å²) in [5.74, 6) is -3.70. The summed E-state index contributed by atoms with van der Waals surface area (Å²) in [5.41, 5.74) is 5.20. The van der Waals surface area contributed by atoms with E-state index in [1.54, 1.807) is 0 Å². The summed E-state index contributed by atoms with van der Waals surface area (Å²) in [5, 5.41) is 0. The monoisotopic (exact) mass is 217 g/mol. The number of hydrogen-bond donors (Lipinski definition) is 1. The lowest BCUT2D eigenvalue weighted by Crippen LogP contribution is -2.43. The van der Waals surface area contributed by atoms with Gasteiger partial charge >= 0.3 is 0 Å². The van der Waals surface area contributed by atoms with E-state index in [2.05, 4.69) is 0 Å². The molecule has 0 aromatic rings. The molecule has 86 valence electrons. The molecule has 0 spiro atoms. The maximum atomic E-state index is 12.6. The number of primary amides is 1. The summed E-state index contributed by atoms with van der Waals surface area (Å²) in [6.45, 7) is 1.98. The van der Waals surface area contributed by atoms with Gasteiger partial charge in [-0.25, -0.2) is 8.78 Å². The zero-order chi connectivity index (χ0) is 11.5. The van der Waals surface area contributed by atoms with Crippen LogP contribution in [-0.2, 0) is 4.79 Å². The Morgan fingerprint density at radius 2 is 2.13 bits per heavy atom. The van der Waals surface area contributed by atoms with Crippen LogP contribution in [0.4, 0.5) is 8.78 Å². The summed E-state index contributed by atoms with van der Waals surface area (Å²) < 4.78 is 25.3. The SMILES string of the molecule is CCC=CCC(C(N)=O)C1CC(F)(F)C1. The Bertz CT molecular complexity index is 255. The van der Waals surface area contributed by atoms with Crippen molar-refractivity contribution in [2.45, 2.75) is 38.5 Å². The molecular weight excluding hydrogens is 200 g/mol. The molecule has 15 heavy (non-hydrogen) atoms. The quantitative estimate of drug-likeness (QED) is 0.706. The van der Waals surface area contributed by atoms with E-state index in [0.717, 1.165) is 6.42 Å². The summed E-state index contributed by atoms with van der Waals surface area (Å²) in [6, 6.07) is 0. The minimum Gasteiger partial charge on any atom is -0.369 e. The van der Waals surface area contributed by atoms with Crippen molar-refractivity contribution < 1.29 is 13.6 Å². The van der Waals surface area contributed by atoms with Crippen LogP contribution in [0, 0.1) is 11.8 Å². The minimum atomic E-state index is -2.58. The molecule has 1 amide bonds. The van der Waals surface area contributed by atoms with E-state index >= 15 is 0 Å². The Kier molecular flexibility index (Phi) is 3.83. The van der Waals surface area contributed by atoms with E-state index in [9.17, 15) is 13.6 Å². The van der Waals surface area contributed by atoms with E-state index in [0.29, 0.717) is 6.42 Å². The number of halogens is 2. The maximum Gasteiger partial charge on any atom is 0.248 e. The van der Waals surface area contributed by atoms with E-state index in [-0.39, 0.29) is 18.8 Å². The molecule has 0 radical (unpaired) electrons. The molecule has 1 fully saturated rings. The van der Waals surface area contributed by atoms with Gasteiger partial charge in [0.2, 0.25) is 11.8 Å². The highest BCUT2D eigenvalue weighted by molar-refractivity contribution is 5.77. The van der Waals surface area contributed by atoms with Crippen molar-refractivity contribution in [3.8, 4) is 0 Å². The fourth-order valence-corrected chi connectivity index (χ4v) is 1.94. The van der Waals surface area contributed by atoms with Crippen molar-refractivity contribution in [2.75, 3.05) is 0 Å². The molecule has 0 saturated heterocycles. The van der Waals surface area contributed by atoms with Gasteiger partial charge in [-0.1, -0.05) is 19.1 Å². The highest BCUT2D eigenvalue weighted by atomic mass is 19.3. The molecule has 1 aliphatic carbocycles. The first-order valence-electron chi connectivity index (χ1n) is 5.28. The van der Waals surface area contributed by atoms with Crippen LogP contribution >= 0.6 is 0 Å². The van der Waals surface area contributed by atoms with Crippen molar-refractivity contribution in [3.63, 3.8) is 0 Å². The first-order chi connectivity index (χ1) is 6.96. The fraction of sp³-hybridized carbons (Fsp3) is 0.727. The van der Waals surface area contributed by atoms with Crippen LogP contribution in [-0.4, -0.2) is 11.8 Å². The van der Waals surface area contributed by atoms with Gasteiger partial charge in [0.15, 0.2) is 0 Å². The smallest absolute Gasteiger partial charge is 0.248 e. The lowest BCUT2D eigenvalue weighted by atomic mass is 9.71. The Labute approximate surface area is 88.5 Å². The molecule has 1 aliphatic rings. The Morgan fingerprint density at radius 3 is 2.53 bits per heavy atom. The fourth-order valence-electron chi connectivity index (χ4n) is 1.94. The number of carbonyl (C=O) groups is 1. The van der Waals surface area contributed by atoms with E-state index in [4.69, 9.17) is 5.73 Å². The van der Waals surface area contributed by atoms with Crippen LogP contribution in [0.3, 0.4) is 0 Å². The summed E-state index contributed by atoms with van der Waals surface area (Å²) in [6.07, 6.45) is 4.76. The van der Waals surface area contributed by atoms with Crippen molar-refractivity contribution >= 4 is 5.91 Å². The first-order valence-corrected chi connectivity index (χ1v) is 5.28. The van der Waals surface area contributed by atoms with E-state index in [1.807, 2.05) is 19.1 Å². The van der Waals surface area contributed by atoms with Crippen LogP contribution in [0.25, 0.3) is 0 Å². The minimum absolute atomic E-state index is 0.194. The molecule has 0 aliphatic heterocycles. The third-order valence-corrected chi connectivity index (χ3v) is 2.85. The van der Waals surface area contributed by atoms with Gasteiger partial charge in [0, 0.05) is 18.8 Å². The van der Waals surface area contributed by atoms with Gasteiger partial charge in [-0.15, -0.1) is 0 Å². The van der Waals surface area contributed by atoms with Crippen LogP contribution < -0.4 is 5.73 Å². The molecule has 0 heterocycles. The Balaban J connectivity index is 2.46. The number of rotatable bonds is 5. The molecular formula is C11H17F2NO. The van der Waals surface area contributed by atoms with Gasteiger partial charge in [0.1, 0.15) is 0 Å². The first kappa shape index (κ1) is 12.1. The number of carbonyl (C=O) groups excluding carboxylic acids is 1. The number of alkyl halides is 2. The largest absolute Gasteiger partial charge is 0.369 e. The number of hydrogen-bond acceptors (Lipinski definition) is 1. The molecule has 1 rings (SSSR count). The molecule has 0 bridgehead atoms. The second kappa shape index (κ2) is 4.73. The molecule has 0 aromatic carbocycles. The second-order valence-corrected chi connectivity index (χ2v) is 4.15. The lowest BCUT2D eigenvalue weighted by Gasteiger charge is -2.38. The predicted molar refractivity (Wildman–Crippen MR) is 54.4 cm³/mol. The van der Waals surface area contributed by atoms with Gasteiger partial charge < -0.3 is 5.73 Å². The topological polar surface area (TPSA) is 43.1 Å². The summed E-state index contributed by atoms with van der Waals surface area (Å²) >= 11 is 0. The summed E-state index contributed by atoms with van der Waals surface area (Å²) in [4.78, 5) is 11.1. The zero-order valence-corrected chi connectivity index (χ0v) is 8.88. The zero-order valence-electron chi connectivity index (χ0n) is 8.88. The van der Waals surface area contributed by atoms with Crippen molar-refractivity contribution in [1.82, 2.24) is 0 Å². The molecule has 1 unspecified atom stereocenters. The van der Waals surface area contributed by atoms with Gasteiger partial charge in [-0.3, -0.25) is 4.79 Å². The Hall–Kier alpha value is -0.930. The van der Waals surface area contributed by atoms with Crippen LogP contribution in [0.5, 0.6) is 0 Å². The number of amides is 1. The van der Waals surface area contributed by atoms with Crippen LogP contribution in [0.2, 0.25) is 0 Å². The Morgan fingerprint density at radius 1 is 1.53 bits per heavy atom. The second-order valence-electron chi connectivity index (χ2n) is 4.15. The number of allylic oxidation sites excluding steroid dienone is 2. The molecule has 2 nitrogen and oxygen atoms in total. The van der Waals surface area contributed by atoms with E-state index in [1.165, 1.54) is 0 Å². The van der Waals surface area contributed by atoms with Gasteiger partial charge in [-0.05, 0) is 18.8 Å². The highest BCUT2D eigenvalue weighted by Crippen LogP contribution is 2.46.